The molecular weight excluding hydrogens is 320 g/mol. The van der Waals surface area contributed by atoms with Gasteiger partial charge >= 0.3 is 5.97 Å². The smallest absolute Gasteiger partial charge is 0.338 e. The molecule has 0 saturated heterocycles. The lowest BCUT2D eigenvalue weighted by Gasteiger charge is -2.08. The second kappa shape index (κ2) is 7.05. The number of benzene rings is 1. The number of esters is 1. The van der Waals surface area contributed by atoms with Crippen molar-refractivity contribution in [2.24, 2.45) is 0 Å². The number of nitrogens with one attached hydrogen (secondary N) is 1. The summed E-state index contributed by atoms with van der Waals surface area (Å²) in [6.45, 7) is 2.75. The Balaban J connectivity index is 2.03. The standard InChI is InChI=1S/C15H15BrN2O2/c1-2-20-15(19)11-5-3-6-12(9-11)17-10-13-7-4-8-14(16)18-13/h3-9,17H,2,10H2,1H3. The number of hydrogen-bond acceptors (Lipinski definition) is 4. The Morgan fingerprint density at radius 3 is 2.85 bits per heavy atom. The van der Waals surface area contributed by atoms with Crippen LogP contribution in [0.15, 0.2) is 47.1 Å². The first-order chi connectivity index (χ1) is 9.69. The maximum absolute atomic E-state index is 11.6. The minimum absolute atomic E-state index is 0.309. The maximum Gasteiger partial charge on any atom is 0.338 e. The van der Waals surface area contributed by atoms with Crippen LogP contribution in [0.2, 0.25) is 0 Å². The zero-order valence-corrected chi connectivity index (χ0v) is 12.7. The fraction of sp³-hybridized carbons (Fsp3) is 0.200. The third kappa shape index (κ3) is 4.06. The molecule has 5 heteroatoms. The topological polar surface area (TPSA) is 51.2 Å². The van der Waals surface area contributed by atoms with Gasteiger partial charge in [0.1, 0.15) is 4.60 Å². The van der Waals surface area contributed by atoms with E-state index in [0.717, 1.165) is 16.0 Å². The lowest BCUT2D eigenvalue weighted by Crippen LogP contribution is -2.06. The van der Waals surface area contributed by atoms with E-state index in [2.05, 4.69) is 26.2 Å². The lowest BCUT2D eigenvalue weighted by atomic mass is 10.2. The average molecular weight is 335 g/mol. The highest BCUT2D eigenvalue weighted by Gasteiger charge is 2.06. The number of halogens is 1. The first kappa shape index (κ1) is 14.5. The van der Waals surface area contributed by atoms with Gasteiger partial charge in [0.05, 0.1) is 24.4 Å². The minimum atomic E-state index is -0.309. The first-order valence-corrected chi connectivity index (χ1v) is 7.11. The molecule has 0 amide bonds. The summed E-state index contributed by atoms with van der Waals surface area (Å²) in [5.41, 5.74) is 2.32. The maximum atomic E-state index is 11.6. The summed E-state index contributed by atoms with van der Waals surface area (Å²) >= 11 is 3.34. The molecule has 0 aliphatic carbocycles. The van der Waals surface area contributed by atoms with Gasteiger partial charge in [-0.3, -0.25) is 0 Å². The zero-order chi connectivity index (χ0) is 14.4. The van der Waals surface area contributed by atoms with Crippen molar-refractivity contribution in [2.45, 2.75) is 13.5 Å². The Morgan fingerprint density at radius 2 is 2.10 bits per heavy atom. The second-order valence-electron chi connectivity index (χ2n) is 4.11. The molecule has 0 atom stereocenters. The van der Waals surface area contributed by atoms with E-state index in [9.17, 15) is 4.79 Å². The Kier molecular flexibility index (Phi) is 5.12. The predicted molar refractivity (Wildman–Crippen MR) is 81.7 cm³/mol. The van der Waals surface area contributed by atoms with Gasteiger partial charge in [0, 0.05) is 5.69 Å². The van der Waals surface area contributed by atoms with Gasteiger partial charge in [-0.1, -0.05) is 12.1 Å². The molecule has 0 spiro atoms. The van der Waals surface area contributed by atoms with Crippen LogP contribution in [-0.2, 0) is 11.3 Å². The van der Waals surface area contributed by atoms with Crippen LogP contribution >= 0.6 is 15.9 Å². The molecule has 1 N–H and O–H groups in total. The van der Waals surface area contributed by atoms with E-state index in [1.54, 1.807) is 19.1 Å². The molecule has 1 aromatic carbocycles. The monoisotopic (exact) mass is 334 g/mol. The van der Waals surface area contributed by atoms with Crippen molar-refractivity contribution in [3.8, 4) is 0 Å². The normalized spacial score (nSPS) is 10.1. The fourth-order valence-electron chi connectivity index (χ4n) is 1.71. The number of pyridine rings is 1. The molecule has 20 heavy (non-hydrogen) atoms. The third-order valence-electron chi connectivity index (χ3n) is 2.62. The molecule has 0 aliphatic rings. The van der Waals surface area contributed by atoms with Gasteiger partial charge in [0.25, 0.3) is 0 Å². The van der Waals surface area contributed by atoms with Gasteiger partial charge < -0.3 is 10.1 Å². The summed E-state index contributed by atoms with van der Waals surface area (Å²) in [4.78, 5) is 16.0. The SMILES string of the molecule is CCOC(=O)c1cccc(NCc2cccc(Br)n2)c1. The van der Waals surface area contributed by atoms with Gasteiger partial charge in [-0.05, 0) is 53.2 Å². The number of ether oxygens (including phenoxy) is 1. The van der Waals surface area contributed by atoms with Crippen molar-refractivity contribution in [3.63, 3.8) is 0 Å². The van der Waals surface area contributed by atoms with Crippen molar-refractivity contribution in [1.29, 1.82) is 0 Å². The molecule has 1 aromatic heterocycles. The highest BCUT2D eigenvalue weighted by atomic mass is 79.9. The summed E-state index contributed by atoms with van der Waals surface area (Å²) in [6, 6.07) is 13.0. The molecule has 0 aliphatic heterocycles. The number of anilines is 1. The second-order valence-corrected chi connectivity index (χ2v) is 4.92. The van der Waals surface area contributed by atoms with Crippen molar-refractivity contribution in [2.75, 3.05) is 11.9 Å². The van der Waals surface area contributed by atoms with Gasteiger partial charge in [0.15, 0.2) is 0 Å². The van der Waals surface area contributed by atoms with Crippen LogP contribution in [0.1, 0.15) is 23.0 Å². The summed E-state index contributed by atoms with van der Waals surface area (Å²) in [6.07, 6.45) is 0. The number of hydrogen-bond donors (Lipinski definition) is 1. The van der Waals surface area contributed by atoms with Gasteiger partial charge in [-0.25, -0.2) is 9.78 Å². The summed E-state index contributed by atoms with van der Waals surface area (Å²) in [7, 11) is 0. The molecular formula is C15H15BrN2O2. The summed E-state index contributed by atoms with van der Waals surface area (Å²) in [5, 5.41) is 3.23. The van der Waals surface area contributed by atoms with Crippen molar-refractivity contribution >= 4 is 27.6 Å². The third-order valence-corrected chi connectivity index (χ3v) is 3.06. The number of nitrogens with zero attached hydrogens (tertiary/aromatic N) is 1. The Labute approximate surface area is 126 Å². The lowest BCUT2D eigenvalue weighted by molar-refractivity contribution is 0.0526. The van der Waals surface area contributed by atoms with Crippen LogP contribution < -0.4 is 5.32 Å². The average Bonchev–Trinajstić information content (AvgIpc) is 2.46. The molecule has 0 radical (unpaired) electrons. The van der Waals surface area contributed by atoms with Gasteiger partial charge in [0.2, 0.25) is 0 Å². The van der Waals surface area contributed by atoms with Crippen LogP contribution in [0.5, 0.6) is 0 Å². The van der Waals surface area contributed by atoms with E-state index in [4.69, 9.17) is 4.74 Å². The number of carbonyl (C=O) groups excluding carboxylic acids is 1. The van der Waals surface area contributed by atoms with E-state index < -0.39 is 0 Å². The molecule has 2 aromatic rings. The molecule has 4 nitrogen and oxygen atoms in total. The molecule has 0 saturated carbocycles. The van der Waals surface area contributed by atoms with E-state index in [1.165, 1.54) is 0 Å². The highest BCUT2D eigenvalue weighted by Crippen LogP contribution is 2.13. The molecule has 104 valence electrons. The largest absolute Gasteiger partial charge is 0.462 e. The molecule has 0 fully saturated rings. The highest BCUT2D eigenvalue weighted by molar-refractivity contribution is 9.10. The minimum Gasteiger partial charge on any atom is -0.462 e. The first-order valence-electron chi connectivity index (χ1n) is 6.31. The van der Waals surface area contributed by atoms with Crippen LogP contribution in [0, 0.1) is 0 Å². The summed E-state index contributed by atoms with van der Waals surface area (Å²) < 4.78 is 5.78. The van der Waals surface area contributed by atoms with Crippen LogP contribution in [-0.4, -0.2) is 17.6 Å². The molecule has 0 unspecified atom stereocenters. The number of aromatic nitrogens is 1. The van der Waals surface area contributed by atoms with E-state index in [1.807, 2.05) is 30.3 Å². The number of carbonyl (C=O) groups is 1. The summed E-state index contributed by atoms with van der Waals surface area (Å²) in [5.74, 6) is -0.309. The fourth-order valence-corrected chi connectivity index (χ4v) is 2.09. The van der Waals surface area contributed by atoms with Crippen LogP contribution in [0.25, 0.3) is 0 Å². The van der Waals surface area contributed by atoms with Crippen LogP contribution in [0.3, 0.4) is 0 Å². The van der Waals surface area contributed by atoms with Crippen molar-refractivity contribution in [3.05, 3.63) is 58.3 Å². The van der Waals surface area contributed by atoms with Gasteiger partial charge in [-0.2, -0.15) is 0 Å². The Bertz CT molecular complexity index is 602. The predicted octanol–water partition coefficient (Wildman–Crippen LogP) is 3.63. The molecule has 0 bridgehead atoms. The van der Waals surface area contributed by atoms with E-state index in [-0.39, 0.29) is 5.97 Å². The molecule has 1 heterocycles. The number of rotatable bonds is 5. The van der Waals surface area contributed by atoms with E-state index >= 15 is 0 Å². The van der Waals surface area contributed by atoms with E-state index in [0.29, 0.717) is 18.7 Å². The van der Waals surface area contributed by atoms with Crippen molar-refractivity contribution in [1.82, 2.24) is 4.98 Å². The Morgan fingerprint density at radius 1 is 1.30 bits per heavy atom. The quantitative estimate of drug-likeness (QED) is 0.670. The van der Waals surface area contributed by atoms with Crippen molar-refractivity contribution < 1.29 is 9.53 Å². The zero-order valence-electron chi connectivity index (χ0n) is 11.1. The van der Waals surface area contributed by atoms with Crippen LogP contribution in [0.4, 0.5) is 5.69 Å². The van der Waals surface area contributed by atoms with Gasteiger partial charge in [-0.15, -0.1) is 0 Å². The molecule has 2 rings (SSSR count). The Hall–Kier alpha value is -1.88.